The molecule has 84 valence electrons. The van der Waals surface area contributed by atoms with Crippen LogP contribution in [-0.4, -0.2) is 18.7 Å². The zero-order valence-electron chi connectivity index (χ0n) is 9.49. The number of nitrogens with zero attached hydrogens (tertiary/aromatic N) is 1. The van der Waals surface area contributed by atoms with E-state index in [1.807, 2.05) is 0 Å². The van der Waals surface area contributed by atoms with Gasteiger partial charge >= 0.3 is 0 Å². The third-order valence-corrected chi connectivity index (χ3v) is 2.01. The molecule has 4 nitrogen and oxygen atoms in total. The Morgan fingerprint density at radius 1 is 1.40 bits per heavy atom. The molecule has 1 aromatic rings. The quantitative estimate of drug-likeness (QED) is 0.808. The second-order valence-electron chi connectivity index (χ2n) is 3.78. The number of hydrogen-bond donors (Lipinski definition) is 1. The Morgan fingerprint density at radius 2 is 2.13 bits per heavy atom. The molecule has 0 aliphatic rings. The molecule has 0 saturated heterocycles. The summed E-state index contributed by atoms with van der Waals surface area (Å²) in [6.07, 6.45) is 0.984. The summed E-state index contributed by atoms with van der Waals surface area (Å²) in [4.78, 5) is 4.12. The fraction of sp³-hybridized carbons (Fsp3) is 0.545. The molecule has 15 heavy (non-hydrogen) atoms. The first-order valence-corrected chi connectivity index (χ1v) is 5.06. The Bertz CT molecular complexity index is 313. The van der Waals surface area contributed by atoms with Gasteiger partial charge in [0.2, 0.25) is 11.8 Å². The molecule has 0 atom stereocenters. The van der Waals surface area contributed by atoms with Crippen LogP contribution in [0.1, 0.15) is 20.3 Å². The topological polar surface area (TPSA) is 57.4 Å². The Kier molecular flexibility index (Phi) is 4.21. The molecule has 1 heterocycles. The highest BCUT2D eigenvalue weighted by Crippen LogP contribution is 2.22. The van der Waals surface area contributed by atoms with E-state index in [0.29, 0.717) is 30.0 Å². The van der Waals surface area contributed by atoms with Crippen molar-refractivity contribution in [2.45, 2.75) is 20.3 Å². The molecule has 0 fully saturated rings. The van der Waals surface area contributed by atoms with Gasteiger partial charge in [0, 0.05) is 6.07 Å². The van der Waals surface area contributed by atoms with Gasteiger partial charge in [-0.1, -0.05) is 13.8 Å². The largest absolute Gasteiger partial charge is 0.481 e. The number of pyridine rings is 1. The molecule has 0 aliphatic heterocycles. The predicted octanol–water partition coefficient (Wildman–Crippen LogP) is 2.10. The van der Waals surface area contributed by atoms with Crippen LogP contribution in [0.25, 0.3) is 0 Å². The summed E-state index contributed by atoms with van der Waals surface area (Å²) >= 11 is 0. The molecular weight excluding hydrogens is 192 g/mol. The summed E-state index contributed by atoms with van der Waals surface area (Å²) in [6, 6.07) is 3.45. The molecule has 0 amide bonds. The zero-order chi connectivity index (χ0) is 11.3. The smallest absolute Gasteiger partial charge is 0.240 e. The Labute approximate surface area is 90.4 Å². The van der Waals surface area contributed by atoms with E-state index in [1.54, 1.807) is 19.2 Å². The van der Waals surface area contributed by atoms with Crippen LogP contribution in [0.3, 0.4) is 0 Å². The van der Waals surface area contributed by atoms with E-state index in [-0.39, 0.29) is 0 Å². The Hall–Kier alpha value is -1.45. The summed E-state index contributed by atoms with van der Waals surface area (Å²) in [6.45, 7) is 4.92. The van der Waals surface area contributed by atoms with Crippen LogP contribution in [0.15, 0.2) is 12.1 Å². The van der Waals surface area contributed by atoms with Crippen molar-refractivity contribution in [2.24, 2.45) is 5.92 Å². The van der Waals surface area contributed by atoms with Gasteiger partial charge in [0.1, 0.15) is 0 Å². The maximum atomic E-state index is 5.72. The number of nitrogen functional groups attached to an aromatic ring is 1. The standard InChI is InChI=1S/C11H18N2O2/c1-8(2)6-7-15-11-9(12)4-5-10(13-11)14-3/h4-5,8H,6-7,12H2,1-3H3. The molecule has 0 radical (unpaired) electrons. The van der Waals surface area contributed by atoms with Crippen molar-refractivity contribution in [2.75, 3.05) is 19.5 Å². The highest BCUT2D eigenvalue weighted by Gasteiger charge is 2.04. The monoisotopic (exact) mass is 210 g/mol. The van der Waals surface area contributed by atoms with Crippen molar-refractivity contribution in [1.82, 2.24) is 4.98 Å². The molecule has 0 unspecified atom stereocenters. The second-order valence-corrected chi connectivity index (χ2v) is 3.78. The van der Waals surface area contributed by atoms with E-state index in [0.717, 1.165) is 6.42 Å². The van der Waals surface area contributed by atoms with Crippen LogP contribution in [0, 0.1) is 5.92 Å². The first-order valence-electron chi connectivity index (χ1n) is 5.06. The molecule has 2 N–H and O–H groups in total. The minimum absolute atomic E-state index is 0.454. The van der Waals surface area contributed by atoms with E-state index in [1.165, 1.54) is 0 Å². The zero-order valence-corrected chi connectivity index (χ0v) is 9.49. The lowest BCUT2D eigenvalue weighted by Crippen LogP contribution is -2.05. The fourth-order valence-corrected chi connectivity index (χ4v) is 1.05. The molecular formula is C11H18N2O2. The average molecular weight is 210 g/mol. The first-order chi connectivity index (χ1) is 7.13. The van der Waals surface area contributed by atoms with Crippen molar-refractivity contribution in [3.8, 4) is 11.8 Å². The number of nitrogens with two attached hydrogens (primary N) is 1. The van der Waals surface area contributed by atoms with E-state index < -0.39 is 0 Å². The number of rotatable bonds is 5. The van der Waals surface area contributed by atoms with Crippen molar-refractivity contribution < 1.29 is 9.47 Å². The number of methoxy groups -OCH3 is 1. The number of hydrogen-bond acceptors (Lipinski definition) is 4. The van der Waals surface area contributed by atoms with Crippen LogP contribution in [0.4, 0.5) is 5.69 Å². The van der Waals surface area contributed by atoms with Gasteiger partial charge in [-0.15, -0.1) is 0 Å². The maximum Gasteiger partial charge on any atom is 0.240 e. The average Bonchev–Trinajstić information content (AvgIpc) is 2.20. The lowest BCUT2D eigenvalue weighted by atomic mass is 10.1. The number of aromatic nitrogens is 1. The Balaban J connectivity index is 2.59. The second kappa shape index (κ2) is 5.44. The van der Waals surface area contributed by atoms with Gasteiger partial charge in [0.15, 0.2) is 0 Å². The summed E-state index contributed by atoms with van der Waals surface area (Å²) in [7, 11) is 1.57. The lowest BCUT2D eigenvalue weighted by Gasteiger charge is -2.10. The molecule has 1 rings (SSSR count). The number of ether oxygens (including phenoxy) is 2. The van der Waals surface area contributed by atoms with Gasteiger partial charge in [-0.25, -0.2) is 0 Å². The van der Waals surface area contributed by atoms with Gasteiger partial charge in [-0.2, -0.15) is 4.98 Å². The van der Waals surface area contributed by atoms with E-state index >= 15 is 0 Å². The van der Waals surface area contributed by atoms with Crippen LogP contribution in [0.5, 0.6) is 11.8 Å². The summed E-state index contributed by atoms with van der Waals surface area (Å²) in [5.74, 6) is 1.58. The van der Waals surface area contributed by atoms with Gasteiger partial charge in [-0.05, 0) is 18.4 Å². The predicted molar refractivity (Wildman–Crippen MR) is 60.2 cm³/mol. The van der Waals surface area contributed by atoms with Gasteiger partial charge in [0.05, 0.1) is 19.4 Å². The van der Waals surface area contributed by atoms with Crippen LogP contribution < -0.4 is 15.2 Å². The van der Waals surface area contributed by atoms with Crippen LogP contribution >= 0.6 is 0 Å². The minimum Gasteiger partial charge on any atom is -0.481 e. The van der Waals surface area contributed by atoms with E-state index in [2.05, 4.69) is 18.8 Å². The highest BCUT2D eigenvalue weighted by atomic mass is 16.5. The minimum atomic E-state index is 0.454. The fourth-order valence-electron chi connectivity index (χ4n) is 1.05. The number of anilines is 1. The molecule has 0 spiro atoms. The molecule has 4 heteroatoms. The Morgan fingerprint density at radius 3 is 2.73 bits per heavy atom. The maximum absolute atomic E-state index is 5.72. The van der Waals surface area contributed by atoms with Crippen LogP contribution in [-0.2, 0) is 0 Å². The molecule has 0 bridgehead atoms. The van der Waals surface area contributed by atoms with Crippen molar-refractivity contribution in [1.29, 1.82) is 0 Å². The lowest BCUT2D eigenvalue weighted by molar-refractivity contribution is 0.276. The van der Waals surface area contributed by atoms with Gasteiger partial charge < -0.3 is 15.2 Å². The van der Waals surface area contributed by atoms with Gasteiger partial charge in [-0.3, -0.25) is 0 Å². The normalized spacial score (nSPS) is 10.4. The summed E-state index contributed by atoms with van der Waals surface area (Å²) in [5, 5.41) is 0. The molecule has 0 aliphatic carbocycles. The van der Waals surface area contributed by atoms with Crippen LogP contribution in [0.2, 0.25) is 0 Å². The van der Waals surface area contributed by atoms with E-state index in [4.69, 9.17) is 15.2 Å². The van der Waals surface area contributed by atoms with Gasteiger partial charge in [0.25, 0.3) is 0 Å². The first kappa shape index (κ1) is 11.6. The summed E-state index contributed by atoms with van der Waals surface area (Å²) < 4.78 is 10.5. The summed E-state index contributed by atoms with van der Waals surface area (Å²) in [5.41, 5.74) is 6.26. The third kappa shape index (κ3) is 3.65. The van der Waals surface area contributed by atoms with E-state index in [9.17, 15) is 0 Å². The molecule has 1 aromatic heterocycles. The van der Waals surface area contributed by atoms with Crippen molar-refractivity contribution >= 4 is 5.69 Å². The SMILES string of the molecule is COc1ccc(N)c(OCCC(C)C)n1. The third-order valence-electron chi connectivity index (χ3n) is 2.01. The van der Waals surface area contributed by atoms with Crippen molar-refractivity contribution in [3.63, 3.8) is 0 Å². The molecule has 0 aromatic carbocycles. The highest BCUT2D eigenvalue weighted by molar-refractivity contribution is 5.49. The van der Waals surface area contributed by atoms with Crippen molar-refractivity contribution in [3.05, 3.63) is 12.1 Å². The molecule has 0 saturated carbocycles.